The van der Waals surface area contributed by atoms with Crippen molar-refractivity contribution in [2.24, 2.45) is 0 Å². The molecule has 0 saturated carbocycles. The Morgan fingerprint density at radius 2 is 1.22 bits per heavy atom. The van der Waals surface area contributed by atoms with Crippen molar-refractivity contribution in [1.82, 2.24) is 17.5 Å². The highest BCUT2D eigenvalue weighted by molar-refractivity contribution is 9.09. The van der Waals surface area contributed by atoms with Crippen LogP contribution >= 0.6 is 39.4 Å². The van der Waals surface area contributed by atoms with Gasteiger partial charge in [-0.05, 0) is 60.0 Å². The molecule has 0 amide bonds. The molecule has 3 aromatic carbocycles. The fraction of sp³-hybridized carbons (Fsp3) is 0.300. The number of esters is 3. The Kier molecular flexibility index (Phi) is 10.5. The lowest BCUT2D eigenvalue weighted by molar-refractivity contribution is -0.152. The van der Waals surface area contributed by atoms with Crippen LogP contribution < -0.4 is 9.47 Å². The van der Waals surface area contributed by atoms with Crippen molar-refractivity contribution in [2.75, 3.05) is 34.0 Å². The second kappa shape index (κ2) is 14.7. The molecule has 0 saturated heterocycles. The summed E-state index contributed by atoms with van der Waals surface area (Å²) in [5, 5.41) is 0. The third-order valence-corrected chi connectivity index (χ3v) is 8.89. The van der Waals surface area contributed by atoms with Crippen molar-refractivity contribution in [2.45, 2.75) is 23.6 Å². The molecule has 2 aromatic heterocycles. The van der Waals surface area contributed by atoms with Gasteiger partial charge in [0.2, 0.25) is 0 Å². The number of rotatable bonds is 8. The number of carbonyl (C=O) groups excluding carboxylic acids is 3. The number of carbonyl (C=O) groups is 3. The van der Waals surface area contributed by atoms with E-state index in [0.717, 1.165) is 45.6 Å². The van der Waals surface area contributed by atoms with Crippen LogP contribution in [-0.4, -0.2) is 69.4 Å². The van der Waals surface area contributed by atoms with Gasteiger partial charge in [0.25, 0.3) is 0 Å². The molecule has 15 heteroatoms. The predicted octanol–water partition coefficient (Wildman–Crippen LogP) is 5.37. The van der Waals surface area contributed by atoms with Crippen molar-refractivity contribution >= 4 is 79.4 Å². The number of methoxy groups -OCH3 is 2. The van der Waals surface area contributed by atoms with Gasteiger partial charge in [-0.15, -0.1) is 0 Å². The largest absolute Gasteiger partial charge is 0.486 e. The van der Waals surface area contributed by atoms with Gasteiger partial charge in [0.1, 0.15) is 40.1 Å². The summed E-state index contributed by atoms with van der Waals surface area (Å²) < 4.78 is 42.9. The monoisotopic (exact) mass is 714 g/mol. The zero-order valence-corrected chi connectivity index (χ0v) is 27.5. The first-order chi connectivity index (χ1) is 21.8. The molecule has 12 nitrogen and oxygen atoms in total. The highest BCUT2D eigenvalue weighted by atomic mass is 79.9. The van der Waals surface area contributed by atoms with Crippen molar-refractivity contribution in [3.8, 4) is 11.5 Å². The highest BCUT2D eigenvalue weighted by Gasteiger charge is 2.39. The van der Waals surface area contributed by atoms with Gasteiger partial charge >= 0.3 is 17.9 Å². The Hall–Kier alpha value is -4.21. The van der Waals surface area contributed by atoms with E-state index < -0.39 is 28.6 Å². The van der Waals surface area contributed by atoms with Crippen LogP contribution in [0, 0.1) is 0 Å². The summed E-state index contributed by atoms with van der Waals surface area (Å²) in [6.45, 7) is 2.77. The van der Waals surface area contributed by atoms with Crippen LogP contribution in [-0.2, 0) is 28.6 Å². The summed E-state index contributed by atoms with van der Waals surface area (Å²) in [5.41, 5.74) is 5.00. The maximum Gasteiger partial charge on any atom is 0.323 e. The van der Waals surface area contributed by atoms with E-state index in [4.69, 9.17) is 18.9 Å². The molecule has 3 atom stereocenters. The second-order valence-corrected chi connectivity index (χ2v) is 11.5. The highest BCUT2D eigenvalue weighted by Crippen LogP contribution is 2.40. The Bertz CT molecular complexity index is 1830. The van der Waals surface area contributed by atoms with Crippen LogP contribution in [0.4, 0.5) is 0 Å². The van der Waals surface area contributed by atoms with Crippen molar-refractivity contribution in [3.05, 3.63) is 71.3 Å². The maximum atomic E-state index is 13.0. The van der Waals surface area contributed by atoms with Crippen LogP contribution in [0.3, 0.4) is 0 Å². The Labute approximate surface area is 274 Å². The minimum absolute atomic E-state index is 0.183. The van der Waals surface area contributed by atoms with E-state index >= 15 is 0 Å². The molecular formula is C30H27BrN4O8S2. The van der Waals surface area contributed by atoms with Crippen molar-refractivity contribution < 1.29 is 38.1 Å². The maximum absolute atomic E-state index is 13.0. The fourth-order valence-corrected chi connectivity index (χ4v) is 6.24. The van der Waals surface area contributed by atoms with E-state index in [1.54, 1.807) is 43.3 Å². The molecule has 0 N–H and O–H groups in total. The predicted molar refractivity (Wildman–Crippen MR) is 170 cm³/mol. The zero-order chi connectivity index (χ0) is 31.9. The van der Waals surface area contributed by atoms with Crippen LogP contribution in [0.5, 0.6) is 11.5 Å². The third kappa shape index (κ3) is 7.21. The number of nitrogens with zero attached hydrogens (tertiary/aromatic N) is 4. The summed E-state index contributed by atoms with van der Waals surface area (Å²) in [4.78, 5) is 36.7. The molecule has 3 unspecified atom stereocenters. The average Bonchev–Trinajstić information content (AvgIpc) is 3.75. The summed E-state index contributed by atoms with van der Waals surface area (Å²) in [6.07, 6.45) is 0. The number of halogens is 1. The van der Waals surface area contributed by atoms with E-state index in [-0.39, 0.29) is 12.6 Å². The summed E-state index contributed by atoms with van der Waals surface area (Å²) in [5.74, 6) is -2.14. The van der Waals surface area contributed by atoms with Crippen molar-refractivity contribution in [1.29, 1.82) is 0 Å². The lowest BCUT2D eigenvalue weighted by Crippen LogP contribution is -2.29. The van der Waals surface area contributed by atoms with Gasteiger partial charge < -0.3 is 23.7 Å². The van der Waals surface area contributed by atoms with Crippen LogP contribution in [0.2, 0.25) is 0 Å². The van der Waals surface area contributed by atoms with E-state index in [1.165, 1.54) is 14.2 Å². The van der Waals surface area contributed by atoms with Gasteiger partial charge in [0.05, 0.1) is 56.1 Å². The normalized spacial score (nSPS) is 14.0. The molecule has 6 rings (SSSR count). The standard InChI is InChI=1S/C21H20N2O6S.C9H7BrN2O2S/c1-3-27-21(25)19(13-5-7-16-17(11-13)29-9-8-28-16)18(20(24)26-2)12-4-6-14-15(10-12)23-30-22-14;1-14-9(13)8(10)5-2-3-6-7(4-5)12-15-11-6/h4-7,10-11,18-19H,3,8-9H2,1-2H3;2-4,8H,1H3. The van der Waals surface area contributed by atoms with E-state index in [0.29, 0.717) is 41.4 Å². The minimum Gasteiger partial charge on any atom is -0.486 e. The van der Waals surface area contributed by atoms with Crippen LogP contribution in [0.15, 0.2) is 54.6 Å². The Morgan fingerprint density at radius 3 is 1.84 bits per heavy atom. The van der Waals surface area contributed by atoms with Gasteiger partial charge in [-0.2, -0.15) is 17.5 Å². The van der Waals surface area contributed by atoms with Crippen LogP contribution in [0.1, 0.15) is 40.3 Å². The minimum atomic E-state index is -0.933. The summed E-state index contributed by atoms with van der Waals surface area (Å²) in [7, 11) is 2.66. The van der Waals surface area contributed by atoms with Gasteiger partial charge in [-0.3, -0.25) is 14.4 Å². The average molecular weight is 716 g/mol. The summed E-state index contributed by atoms with van der Waals surface area (Å²) in [6, 6.07) is 16.0. The molecule has 234 valence electrons. The van der Waals surface area contributed by atoms with Crippen LogP contribution in [0.25, 0.3) is 22.1 Å². The lowest BCUT2D eigenvalue weighted by atomic mass is 9.81. The quantitative estimate of drug-likeness (QED) is 0.116. The third-order valence-electron chi connectivity index (χ3n) is 6.87. The molecule has 0 fully saturated rings. The molecule has 5 aromatic rings. The topological polar surface area (TPSA) is 149 Å². The van der Waals surface area contributed by atoms with Gasteiger partial charge in [-0.25, -0.2) is 0 Å². The number of hydrogen-bond donors (Lipinski definition) is 0. The first kappa shape index (κ1) is 32.2. The molecular weight excluding hydrogens is 688 g/mol. The number of hydrogen-bond acceptors (Lipinski definition) is 14. The number of fused-ring (bicyclic) bond motifs is 3. The number of ether oxygens (including phenoxy) is 5. The molecule has 3 heterocycles. The van der Waals surface area contributed by atoms with Gasteiger partial charge in [0.15, 0.2) is 11.5 Å². The molecule has 45 heavy (non-hydrogen) atoms. The summed E-state index contributed by atoms with van der Waals surface area (Å²) >= 11 is 5.51. The SMILES string of the molecule is CCOC(=O)C(c1ccc2c(c1)OCCO2)C(C(=O)OC)c1ccc2nsnc2c1.COC(=O)C(Br)c1ccc2nsnc2c1. The van der Waals surface area contributed by atoms with E-state index in [2.05, 4.69) is 38.2 Å². The molecule has 0 aliphatic carbocycles. The van der Waals surface area contributed by atoms with Crippen molar-refractivity contribution in [3.63, 3.8) is 0 Å². The molecule has 0 spiro atoms. The molecule has 0 radical (unpaired) electrons. The number of benzene rings is 3. The molecule has 1 aliphatic rings. The first-order valence-electron chi connectivity index (χ1n) is 13.6. The van der Waals surface area contributed by atoms with E-state index in [1.807, 2.05) is 18.2 Å². The molecule has 0 bridgehead atoms. The molecule has 1 aliphatic heterocycles. The lowest BCUT2D eigenvalue weighted by Gasteiger charge is -2.26. The van der Waals surface area contributed by atoms with Gasteiger partial charge in [-0.1, -0.05) is 34.1 Å². The second-order valence-electron chi connectivity index (χ2n) is 9.54. The number of aromatic nitrogens is 4. The van der Waals surface area contributed by atoms with E-state index in [9.17, 15) is 14.4 Å². The fourth-order valence-electron chi connectivity index (χ4n) is 4.73. The first-order valence-corrected chi connectivity index (χ1v) is 16.0. The van der Waals surface area contributed by atoms with Gasteiger partial charge in [0, 0.05) is 0 Å². The number of alkyl halides is 1. The Morgan fingerprint density at radius 1 is 0.711 bits per heavy atom. The smallest absolute Gasteiger partial charge is 0.323 e. The zero-order valence-electron chi connectivity index (χ0n) is 24.3. The Balaban J connectivity index is 0.000000223.